The van der Waals surface area contributed by atoms with Crippen molar-refractivity contribution in [2.24, 2.45) is 0 Å². The van der Waals surface area contributed by atoms with Crippen LogP contribution in [0, 0.1) is 0 Å². The van der Waals surface area contributed by atoms with E-state index in [0.29, 0.717) is 19.4 Å². The van der Waals surface area contributed by atoms with Crippen LogP contribution in [0.4, 0.5) is 0 Å². The zero-order valence-corrected chi connectivity index (χ0v) is 55.5. The number of aliphatic hydroxyl groups excluding tert-OH is 2. The number of hydrogen-bond acceptors (Lipinski definition) is 5. The number of carbonyl (C=O) groups is 2. The highest BCUT2D eigenvalue weighted by atomic mass is 16.5. The second-order valence-electron chi connectivity index (χ2n) is 25.6. The van der Waals surface area contributed by atoms with Gasteiger partial charge >= 0.3 is 5.97 Å². The summed E-state index contributed by atoms with van der Waals surface area (Å²) in [6.45, 7) is 4.93. The lowest BCUT2D eigenvalue weighted by molar-refractivity contribution is -0.143. The molecule has 2 atom stereocenters. The Hall–Kier alpha value is -1.92. The Balaban J connectivity index is 3.36. The predicted molar refractivity (Wildman–Crippen MR) is 361 cm³/mol. The van der Waals surface area contributed by atoms with E-state index in [1.54, 1.807) is 6.08 Å². The summed E-state index contributed by atoms with van der Waals surface area (Å²) in [5, 5.41) is 23.1. The first kappa shape index (κ1) is 80.1. The molecule has 0 aromatic rings. The molecule has 0 heterocycles. The van der Waals surface area contributed by atoms with Gasteiger partial charge in [-0.1, -0.05) is 371 Å². The maximum absolute atomic E-state index is 12.5. The van der Waals surface area contributed by atoms with Crippen molar-refractivity contribution >= 4 is 11.9 Å². The van der Waals surface area contributed by atoms with Crippen LogP contribution in [-0.4, -0.2) is 47.4 Å². The normalized spacial score (nSPS) is 12.7. The highest BCUT2D eigenvalue weighted by Gasteiger charge is 2.18. The van der Waals surface area contributed by atoms with Gasteiger partial charge in [-0.2, -0.15) is 0 Å². The molecule has 0 aliphatic heterocycles. The lowest BCUT2D eigenvalue weighted by Gasteiger charge is -2.20. The molecule has 0 aliphatic rings. The fourth-order valence-corrected chi connectivity index (χ4v) is 11.7. The first-order valence-corrected chi connectivity index (χ1v) is 37.3. The van der Waals surface area contributed by atoms with Gasteiger partial charge in [0.2, 0.25) is 5.91 Å². The second kappa shape index (κ2) is 71.6. The van der Waals surface area contributed by atoms with Crippen LogP contribution >= 0.6 is 0 Å². The number of allylic oxidation sites excluding steroid dienone is 5. The van der Waals surface area contributed by atoms with Crippen LogP contribution in [0.2, 0.25) is 0 Å². The van der Waals surface area contributed by atoms with Crippen molar-refractivity contribution in [1.29, 1.82) is 0 Å². The molecule has 0 saturated carbocycles. The molecular formula is C76H145NO5. The van der Waals surface area contributed by atoms with Gasteiger partial charge in [-0.3, -0.25) is 9.59 Å². The SMILES string of the molecule is CCCCCCCCCCCCC/C=C/C(O)C(CO)NC(=O)CCCCCCCCCCCCCCCCCCC/C=C\C/C=C\CCCCCCCCCCCOC(=O)CCCCCCCCCCCCCCCCCCCCC. The van der Waals surface area contributed by atoms with E-state index in [1.807, 2.05) is 6.08 Å². The van der Waals surface area contributed by atoms with Crippen molar-refractivity contribution < 1.29 is 24.5 Å². The van der Waals surface area contributed by atoms with Gasteiger partial charge in [0, 0.05) is 12.8 Å². The first-order valence-electron chi connectivity index (χ1n) is 37.3. The van der Waals surface area contributed by atoms with Crippen molar-refractivity contribution in [2.45, 2.75) is 424 Å². The van der Waals surface area contributed by atoms with Crippen LogP contribution in [0.25, 0.3) is 0 Å². The van der Waals surface area contributed by atoms with Crippen molar-refractivity contribution in [2.75, 3.05) is 13.2 Å². The van der Waals surface area contributed by atoms with Gasteiger partial charge in [-0.15, -0.1) is 0 Å². The molecule has 0 fully saturated rings. The fraction of sp³-hybridized carbons (Fsp3) is 0.895. The monoisotopic (exact) mass is 1150 g/mol. The second-order valence-corrected chi connectivity index (χ2v) is 25.6. The third kappa shape index (κ3) is 67.2. The number of unbranched alkanes of at least 4 members (excludes halogenated alkanes) is 55. The zero-order chi connectivity index (χ0) is 59.2. The Morgan fingerprint density at radius 2 is 0.610 bits per heavy atom. The lowest BCUT2D eigenvalue weighted by atomic mass is 10.0. The van der Waals surface area contributed by atoms with Crippen molar-refractivity contribution in [3.63, 3.8) is 0 Å². The van der Waals surface area contributed by atoms with Crippen LogP contribution in [0.5, 0.6) is 0 Å². The summed E-state index contributed by atoms with van der Waals surface area (Å²) in [4.78, 5) is 24.6. The summed E-state index contributed by atoms with van der Waals surface area (Å²) in [5.74, 6) is -0.0454. The molecule has 3 N–H and O–H groups in total. The number of nitrogens with one attached hydrogen (secondary N) is 1. The Morgan fingerprint density at radius 1 is 0.341 bits per heavy atom. The molecule has 0 rings (SSSR count). The highest BCUT2D eigenvalue weighted by molar-refractivity contribution is 5.76. The summed E-state index contributed by atoms with van der Waals surface area (Å²) in [6.07, 6.45) is 92.5. The maximum Gasteiger partial charge on any atom is 0.305 e. The maximum atomic E-state index is 12.5. The average Bonchev–Trinajstić information content (AvgIpc) is 3.48. The molecule has 0 spiro atoms. The number of carbonyl (C=O) groups excluding carboxylic acids is 2. The third-order valence-electron chi connectivity index (χ3n) is 17.4. The summed E-state index contributed by atoms with van der Waals surface area (Å²) in [5.41, 5.74) is 0. The van der Waals surface area contributed by atoms with Crippen molar-refractivity contribution in [1.82, 2.24) is 5.32 Å². The fourth-order valence-electron chi connectivity index (χ4n) is 11.7. The van der Waals surface area contributed by atoms with Gasteiger partial charge in [0.05, 0.1) is 25.4 Å². The molecule has 82 heavy (non-hydrogen) atoms. The molecule has 484 valence electrons. The van der Waals surface area contributed by atoms with E-state index in [-0.39, 0.29) is 18.5 Å². The summed E-state index contributed by atoms with van der Waals surface area (Å²) in [6, 6.07) is -0.626. The number of amides is 1. The predicted octanol–water partition coefficient (Wildman–Crippen LogP) is 24.3. The third-order valence-corrected chi connectivity index (χ3v) is 17.4. The molecule has 0 radical (unpaired) electrons. The molecule has 6 heteroatoms. The average molecular weight is 1150 g/mol. The van der Waals surface area contributed by atoms with E-state index < -0.39 is 12.1 Å². The Labute approximate surface area is 513 Å². The number of hydrogen-bond donors (Lipinski definition) is 3. The number of esters is 1. The van der Waals surface area contributed by atoms with Gasteiger partial charge in [-0.25, -0.2) is 0 Å². The number of ether oxygens (including phenoxy) is 1. The van der Waals surface area contributed by atoms with Gasteiger partial charge in [-0.05, 0) is 64.2 Å². The molecule has 2 unspecified atom stereocenters. The summed E-state index contributed by atoms with van der Waals surface area (Å²) < 4.78 is 5.51. The van der Waals surface area contributed by atoms with Gasteiger partial charge in [0.1, 0.15) is 0 Å². The molecule has 0 aromatic carbocycles. The molecule has 0 aliphatic carbocycles. The number of aliphatic hydroxyl groups is 2. The van der Waals surface area contributed by atoms with Crippen LogP contribution in [0.1, 0.15) is 412 Å². The van der Waals surface area contributed by atoms with Crippen LogP contribution < -0.4 is 5.32 Å². The molecule has 6 nitrogen and oxygen atoms in total. The topological polar surface area (TPSA) is 95.9 Å². The van der Waals surface area contributed by atoms with Crippen LogP contribution in [-0.2, 0) is 14.3 Å². The largest absolute Gasteiger partial charge is 0.466 e. The van der Waals surface area contributed by atoms with Crippen LogP contribution in [0.15, 0.2) is 36.5 Å². The Kier molecular flexibility index (Phi) is 69.9. The van der Waals surface area contributed by atoms with E-state index in [1.165, 1.54) is 340 Å². The molecule has 0 aromatic heterocycles. The van der Waals surface area contributed by atoms with E-state index in [0.717, 1.165) is 44.9 Å². The molecule has 1 amide bonds. The van der Waals surface area contributed by atoms with E-state index in [4.69, 9.17) is 4.74 Å². The molecular weight excluding hydrogens is 1010 g/mol. The first-order chi connectivity index (χ1) is 40.5. The molecule has 0 saturated heterocycles. The quantitative estimate of drug-likeness (QED) is 0.0320. The van der Waals surface area contributed by atoms with E-state index in [9.17, 15) is 19.8 Å². The van der Waals surface area contributed by atoms with Crippen molar-refractivity contribution in [3.05, 3.63) is 36.5 Å². The van der Waals surface area contributed by atoms with E-state index in [2.05, 4.69) is 43.5 Å². The summed E-state index contributed by atoms with van der Waals surface area (Å²) >= 11 is 0. The minimum atomic E-state index is -0.842. The van der Waals surface area contributed by atoms with Crippen LogP contribution in [0.3, 0.4) is 0 Å². The lowest BCUT2D eigenvalue weighted by Crippen LogP contribution is -2.45. The smallest absolute Gasteiger partial charge is 0.305 e. The van der Waals surface area contributed by atoms with Gasteiger partial charge in [0.15, 0.2) is 0 Å². The highest BCUT2D eigenvalue weighted by Crippen LogP contribution is 2.19. The van der Waals surface area contributed by atoms with Crippen molar-refractivity contribution in [3.8, 4) is 0 Å². The zero-order valence-electron chi connectivity index (χ0n) is 55.5. The minimum Gasteiger partial charge on any atom is -0.466 e. The Morgan fingerprint density at radius 3 is 0.927 bits per heavy atom. The number of rotatable bonds is 70. The Bertz CT molecular complexity index is 1330. The van der Waals surface area contributed by atoms with Gasteiger partial charge < -0.3 is 20.3 Å². The standard InChI is InChI=1S/C76H145NO5/c1-3-5-7-9-11-13-15-17-18-19-35-39-42-46-50-54-58-62-66-70-76(81)82-71-67-63-59-55-51-47-43-40-37-34-32-30-28-26-24-22-20-21-23-25-27-29-31-33-36-38-41-45-49-53-57-61-65-69-75(80)77-73(72-78)74(79)68-64-60-56-52-48-44-16-14-12-10-8-6-4-2/h24,26,30,32,64,68,73-74,78-79H,3-23,25,27-29,31,33-63,65-67,69-72H2,1-2H3,(H,77,80)/b26-24-,32-30-,68-64+. The summed E-state index contributed by atoms with van der Waals surface area (Å²) in [7, 11) is 0. The van der Waals surface area contributed by atoms with E-state index >= 15 is 0 Å². The molecule has 0 bridgehead atoms. The minimum absolute atomic E-state index is 0.0193. The van der Waals surface area contributed by atoms with Gasteiger partial charge in [0.25, 0.3) is 0 Å².